The van der Waals surface area contributed by atoms with E-state index in [4.69, 9.17) is 0 Å². The number of sulfone groups is 1. The van der Waals surface area contributed by atoms with Gasteiger partial charge in [0, 0.05) is 0 Å². The Hall–Kier alpha value is -2.15. The van der Waals surface area contributed by atoms with Crippen molar-refractivity contribution >= 4 is 27.3 Å². The lowest BCUT2D eigenvalue weighted by molar-refractivity contribution is -0.123. The monoisotopic (exact) mass is 347 g/mol. The maximum atomic E-state index is 12.8. The number of hydrogen-bond acceptors (Lipinski definition) is 5. The molecule has 1 N–H and O–H groups in total. The van der Waals surface area contributed by atoms with E-state index < -0.39 is 21.7 Å². The number of hydrogen-bond donors (Lipinski definition) is 1. The molecule has 4 rings (SSSR count). The van der Waals surface area contributed by atoms with Crippen LogP contribution in [0.2, 0.25) is 0 Å². The third-order valence-corrected chi connectivity index (χ3v) is 7.13. The SMILES string of the molecule is CCS(=O)(=O)c1ccc(O)c(N2C(=O)[C@@H]3[C@@H](C2=O)[C@H]2C=C[C@@H]3C2)c1. The largest absolute Gasteiger partial charge is 0.506 e. The second-order valence-corrected chi connectivity index (χ2v) is 8.84. The van der Waals surface area contributed by atoms with Crippen LogP contribution in [0.25, 0.3) is 0 Å². The van der Waals surface area contributed by atoms with Crippen molar-refractivity contribution in [3.05, 3.63) is 30.4 Å². The van der Waals surface area contributed by atoms with Crippen LogP contribution in [0.4, 0.5) is 5.69 Å². The normalized spacial score (nSPS) is 31.1. The number of nitrogens with zero attached hydrogens (tertiary/aromatic N) is 1. The average Bonchev–Trinajstić information content (AvgIpc) is 3.22. The Morgan fingerprint density at radius 2 is 1.71 bits per heavy atom. The molecule has 1 aliphatic heterocycles. The second kappa shape index (κ2) is 4.92. The van der Waals surface area contributed by atoms with Gasteiger partial charge in [-0.15, -0.1) is 0 Å². The third-order valence-electron chi connectivity index (χ3n) is 5.40. The minimum atomic E-state index is -3.50. The summed E-state index contributed by atoms with van der Waals surface area (Å²) in [6.45, 7) is 1.52. The van der Waals surface area contributed by atoms with Crippen molar-refractivity contribution in [1.82, 2.24) is 0 Å². The number of aromatic hydroxyl groups is 1. The molecule has 6 nitrogen and oxygen atoms in total. The molecule has 1 aromatic rings. The number of amides is 2. The van der Waals surface area contributed by atoms with Crippen LogP contribution in [0.15, 0.2) is 35.2 Å². The van der Waals surface area contributed by atoms with Gasteiger partial charge in [0.15, 0.2) is 9.84 Å². The Labute approximate surface area is 139 Å². The van der Waals surface area contributed by atoms with Gasteiger partial charge in [-0.3, -0.25) is 9.59 Å². The van der Waals surface area contributed by atoms with Gasteiger partial charge in [-0.1, -0.05) is 19.1 Å². The quantitative estimate of drug-likeness (QED) is 0.661. The molecule has 1 heterocycles. The molecule has 2 aliphatic carbocycles. The zero-order valence-electron chi connectivity index (χ0n) is 13.0. The summed E-state index contributed by atoms with van der Waals surface area (Å²) in [4.78, 5) is 26.5. The number of allylic oxidation sites excluding steroid dienone is 2. The highest BCUT2D eigenvalue weighted by molar-refractivity contribution is 7.91. The standard InChI is InChI=1S/C17H17NO5S/c1-2-24(22,23)11-5-6-13(19)12(8-11)18-16(20)14-9-3-4-10(7-9)15(14)17(18)21/h3-6,8-10,14-15,19H,2,7H2,1H3/t9-,10+,14-,15-/m0/s1. The van der Waals surface area contributed by atoms with E-state index in [0.717, 1.165) is 11.3 Å². The summed E-state index contributed by atoms with van der Waals surface area (Å²) >= 11 is 0. The molecule has 2 bridgehead atoms. The number of phenolic OH excluding ortho intramolecular Hbond substituents is 1. The first-order valence-electron chi connectivity index (χ1n) is 7.97. The van der Waals surface area contributed by atoms with Crippen LogP contribution in [-0.4, -0.2) is 31.1 Å². The minimum Gasteiger partial charge on any atom is -0.506 e. The van der Waals surface area contributed by atoms with Crippen LogP contribution in [0.5, 0.6) is 5.75 Å². The average molecular weight is 347 g/mol. The molecule has 24 heavy (non-hydrogen) atoms. The fourth-order valence-electron chi connectivity index (χ4n) is 4.18. The highest BCUT2D eigenvalue weighted by atomic mass is 32.2. The zero-order valence-corrected chi connectivity index (χ0v) is 13.9. The van der Waals surface area contributed by atoms with Gasteiger partial charge in [-0.2, -0.15) is 0 Å². The number of rotatable bonds is 3. The lowest BCUT2D eigenvalue weighted by atomic mass is 9.85. The van der Waals surface area contributed by atoms with E-state index in [0.29, 0.717) is 0 Å². The van der Waals surface area contributed by atoms with E-state index in [1.54, 1.807) is 0 Å². The summed E-state index contributed by atoms with van der Waals surface area (Å²) in [5.74, 6) is -1.72. The van der Waals surface area contributed by atoms with Crippen molar-refractivity contribution in [2.45, 2.75) is 18.2 Å². The maximum Gasteiger partial charge on any atom is 0.238 e. The van der Waals surface area contributed by atoms with Gasteiger partial charge in [0.1, 0.15) is 5.75 Å². The molecule has 2 fully saturated rings. The topological polar surface area (TPSA) is 91.8 Å². The summed E-state index contributed by atoms with van der Waals surface area (Å²) in [6.07, 6.45) is 4.79. The third kappa shape index (κ3) is 1.90. The fraction of sp³-hybridized carbons (Fsp3) is 0.412. The van der Waals surface area contributed by atoms with Gasteiger partial charge < -0.3 is 5.11 Å². The molecular weight excluding hydrogens is 330 g/mol. The summed E-state index contributed by atoms with van der Waals surface area (Å²) < 4.78 is 24.1. The Morgan fingerprint density at radius 3 is 2.25 bits per heavy atom. The minimum absolute atomic E-state index is 0.00319. The molecule has 1 aromatic carbocycles. The molecule has 2 amide bonds. The Bertz CT molecular complexity index is 858. The Morgan fingerprint density at radius 1 is 1.12 bits per heavy atom. The van der Waals surface area contributed by atoms with Crippen molar-refractivity contribution in [3.63, 3.8) is 0 Å². The molecule has 7 heteroatoms. The first kappa shape index (κ1) is 15.4. The fourth-order valence-corrected chi connectivity index (χ4v) is 5.08. The van der Waals surface area contributed by atoms with Crippen LogP contribution in [0, 0.1) is 23.7 Å². The molecule has 3 aliphatic rings. The smallest absolute Gasteiger partial charge is 0.238 e. The van der Waals surface area contributed by atoms with E-state index >= 15 is 0 Å². The molecule has 1 saturated carbocycles. The van der Waals surface area contributed by atoms with E-state index in [1.807, 2.05) is 12.2 Å². The predicted octanol–water partition coefficient (Wildman–Crippen LogP) is 1.50. The van der Waals surface area contributed by atoms with Crippen LogP contribution >= 0.6 is 0 Å². The number of carbonyl (C=O) groups is 2. The molecule has 0 spiro atoms. The lowest BCUT2D eigenvalue weighted by Gasteiger charge is -2.19. The number of phenols is 1. The van der Waals surface area contributed by atoms with Crippen molar-refractivity contribution in [2.75, 3.05) is 10.7 Å². The number of anilines is 1. The second-order valence-electron chi connectivity index (χ2n) is 6.57. The van der Waals surface area contributed by atoms with E-state index in [-0.39, 0.29) is 45.7 Å². The van der Waals surface area contributed by atoms with Crippen molar-refractivity contribution in [3.8, 4) is 5.75 Å². The molecule has 126 valence electrons. The summed E-state index contributed by atoms with van der Waals surface area (Å²) in [6, 6.07) is 3.73. The first-order chi connectivity index (χ1) is 11.3. The van der Waals surface area contributed by atoms with E-state index in [9.17, 15) is 23.1 Å². The Kier molecular flexibility index (Phi) is 3.16. The van der Waals surface area contributed by atoms with Gasteiger partial charge in [0.25, 0.3) is 0 Å². The molecule has 1 saturated heterocycles. The Balaban J connectivity index is 1.79. The summed E-state index contributed by atoms with van der Waals surface area (Å²) in [5, 5.41) is 10.1. The summed E-state index contributed by atoms with van der Waals surface area (Å²) in [5.41, 5.74) is -0.0340. The molecule has 0 aromatic heterocycles. The van der Waals surface area contributed by atoms with Crippen LogP contribution in [0.3, 0.4) is 0 Å². The highest BCUT2D eigenvalue weighted by Gasteiger charge is 2.59. The van der Waals surface area contributed by atoms with Gasteiger partial charge in [-0.05, 0) is 36.5 Å². The van der Waals surface area contributed by atoms with Crippen molar-refractivity contribution in [2.24, 2.45) is 23.7 Å². The molecule has 4 atom stereocenters. The van der Waals surface area contributed by atoms with Crippen molar-refractivity contribution in [1.29, 1.82) is 0 Å². The number of fused-ring (bicyclic) bond motifs is 5. The van der Waals surface area contributed by atoms with Gasteiger partial charge >= 0.3 is 0 Å². The molecule has 0 radical (unpaired) electrons. The van der Waals surface area contributed by atoms with Gasteiger partial charge in [0.05, 0.1) is 28.2 Å². The highest BCUT2D eigenvalue weighted by Crippen LogP contribution is 2.53. The summed E-state index contributed by atoms with van der Waals surface area (Å²) in [7, 11) is -3.50. The predicted molar refractivity (Wildman–Crippen MR) is 86.0 cm³/mol. The van der Waals surface area contributed by atoms with Crippen LogP contribution < -0.4 is 4.90 Å². The van der Waals surface area contributed by atoms with Gasteiger partial charge in [-0.25, -0.2) is 13.3 Å². The van der Waals surface area contributed by atoms with Crippen molar-refractivity contribution < 1.29 is 23.1 Å². The molecular formula is C17H17NO5S. The van der Waals surface area contributed by atoms with Crippen LogP contribution in [-0.2, 0) is 19.4 Å². The number of carbonyl (C=O) groups excluding carboxylic acids is 2. The van der Waals surface area contributed by atoms with E-state index in [1.165, 1.54) is 25.1 Å². The first-order valence-corrected chi connectivity index (χ1v) is 9.62. The van der Waals surface area contributed by atoms with Crippen LogP contribution in [0.1, 0.15) is 13.3 Å². The number of benzene rings is 1. The zero-order chi connectivity index (χ0) is 17.2. The van der Waals surface area contributed by atoms with Gasteiger partial charge in [0.2, 0.25) is 11.8 Å². The number of imide groups is 1. The molecule has 0 unspecified atom stereocenters. The maximum absolute atomic E-state index is 12.8. The van der Waals surface area contributed by atoms with E-state index in [2.05, 4.69) is 0 Å². The lowest BCUT2D eigenvalue weighted by Crippen LogP contribution is -2.33.